The van der Waals surface area contributed by atoms with E-state index in [1.165, 1.54) is 0 Å². The van der Waals surface area contributed by atoms with E-state index in [2.05, 4.69) is 10.4 Å². The Hall–Kier alpha value is -2.50. The Balaban J connectivity index is 2.03. The first kappa shape index (κ1) is 11.6. The molecule has 1 aliphatic heterocycles. The number of fused-ring (bicyclic) bond motifs is 1. The summed E-state index contributed by atoms with van der Waals surface area (Å²) >= 11 is 0. The molecule has 1 fully saturated rings. The molecule has 1 aromatic heterocycles. The van der Waals surface area contributed by atoms with Crippen LogP contribution in [0.2, 0.25) is 0 Å². The van der Waals surface area contributed by atoms with Gasteiger partial charge in [-0.3, -0.25) is 24.4 Å². The number of hydrogen-bond acceptors (Lipinski definition) is 4. The molecular weight excluding hydrogens is 246 g/mol. The fraction of sp³-hybridized carbons (Fsp3) is 0.231. The number of imide groups is 1. The van der Waals surface area contributed by atoms with Crippen molar-refractivity contribution in [2.75, 3.05) is 0 Å². The minimum atomic E-state index is -0.475. The van der Waals surface area contributed by atoms with E-state index < -0.39 is 6.04 Å². The van der Waals surface area contributed by atoms with Gasteiger partial charge in [0.05, 0.1) is 11.7 Å². The van der Waals surface area contributed by atoms with Crippen molar-refractivity contribution in [2.45, 2.75) is 18.9 Å². The molecule has 1 aromatic carbocycles. The number of amides is 2. The van der Waals surface area contributed by atoms with Crippen LogP contribution in [0.4, 0.5) is 0 Å². The van der Waals surface area contributed by atoms with Gasteiger partial charge in [-0.15, -0.1) is 0 Å². The first-order valence-electron chi connectivity index (χ1n) is 5.95. The highest BCUT2D eigenvalue weighted by Crippen LogP contribution is 2.24. The summed E-state index contributed by atoms with van der Waals surface area (Å²) in [5.74, 6) is -0.582. The SMILES string of the molecule is O=Cc1ccc2c(cnn2C2CCC(=O)NC2=O)c1. The number of hydrogen-bond donors (Lipinski definition) is 1. The fourth-order valence-electron chi connectivity index (χ4n) is 2.31. The van der Waals surface area contributed by atoms with Crippen molar-refractivity contribution in [2.24, 2.45) is 0 Å². The lowest BCUT2D eigenvalue weighted by molar-refractivity contribution is -0.135. The fourth-order valence-corrected chi connectivity index (χ4v) is 2.31. The van der Waals surface area contributed by atoms with Crippen LogP contribution in [0.15, 0.2) is 24.4 Å². The number of nitrogens with one attached hydrogen (secondary N) is 1. The van der Waals surface area contributed by atoms with Gasteiger partial charge < -0.3 is 0 Å². The predicted octanol–water partition coefficient (Wildman–Crippen LogP) is 0.827. The monoisotopic (exact) mass is 257 g/mol. The van der Waals surface area contributed by atoms with E-state index in [9.17, 15) is 14.4 Å². The van der Waals surface area contributed by atoms with Gasteiger partial charge in [0.25, 0.3) is 5.91 Å². The van der Waals surface area contributed by atoms with Crippen LogP contribution in [-0.4, -0.2) is 27.9 Å². The third kappa shape index (κ3) is 1.91. The van der Waals surface area contributed by atoms with Gasteiger partial charge >= 0.3 is 0 Å². The number of aromatic nitrogens is 2. The Bertz CT molecular complexity index is 689. The molecule has 0 saturated carbocycles. The van der Waals surface area contributed by atoms with Crippen LogP contribution in [0.1, 0.15) is 29.2 Å². The van der Waals surface area contributed by atoms with Gasteiger partial charge in [-0.25, -0.2) is 0 Å². The van der Waals surface area contributed by atoms with E-state index in [-0.39, 0.29) is 11.8 Å². The maximum absolute atomic E-state index is 11.8. The number of aldehydes is 1. The van der Waals surface area contributed by atoms with Crippen molar-refractivity contribution < 1.29 is 14.4 Å². The molecule has 0 aliphatic carbocycles. The summed E-state index contributed by atoms with van der Waals surface area (Å²) in [7, 11) is 0. The van der Waals surface area contributed by atoms with Gasteiger partial charge in [-0.2, -0.15) is 5.10 Å². The van der Waals surface area contributed by atoms with E-state index in [0.717, 1.165) is 17.2 Å². The molecule has 0 bridgehead atoms. The molecule has 6 heteroatoms. The molecule has 1 aliphatic rings. The minimum absolute atomic E-state index is 0.249. The smallest absolute Gasteiger partial charge is 0.251 e. The average Bonchev–Trinajstić information content (AvgIpc) is 2.81. The minimum Gasteiger partial charge on any atom is -0.298 e. The molecule has 0 radical (unpaired) electrons. The average molecular weight is 257 g/mol. The second kappa shape index (κ2) is 4.31. The molecule has 1 unspecified atom stereocenters. The molecule has 1 atom stereocenters. The second-order valence-electron chi connectivity index (χ2n) is 4.49. The summed E-state index contributed by atoms with van der Waals surface area (Å²) in [6.07, 6.45) is 3.13. The Labute approximate surface area is 108 Å². The van der Waals surface area contributed by atoms with E-state index in [4.69, 9.17) is 0 Å². The summed E-state index contributed by atoms with van der Waals surface area (Å²) in [5, 5.41) is 7.31. The molecule has 6 nitrogen and oxygen atoms in total. The van der Waals surface area contributed by atoms with Gasteiger partial charge in [0.1, 0.15) is 12.3 Å². The van der Waals surface area contributed by atoms with E-state index in [0.29, 0.717) is 18.4 Å². The van der Waals surface area contributed by atoms with Crippen LogP contribution >= 0.6 is 0 Å². The molecule has 3 rings (SSSR count). The molecule has 19 heavy (non-hydrogen) atoms. The number of carbonyl (C=O) groups is 3. The quantitative estimate of drug-likeness (QED) is 0.638. The number of nitrogens with zero attached hydrogens (tertiary/aromatic N) is 2. The highest BCUT2D eigenvalue weighted by atomic mass is 16.2. The maximum atomic E-state index is 11.8. The normalized spacial score (nSPS) is 19.5. The highest BCUT2D eigenvalue weighted by molar-refractivity contribution is 6.00. The van der Waals surface area contributed by atoms with Gasteiger partial charge in [-0.1, -0.05) is 0 Å². The predicted molar refractivity (Wildman–Crippen MR) is 66.5 cm³/mol. The summed E-state index contributed by atoms with van der Waals surface area (Å²) in [5.41, 5.74) is 1.34. The molecule has 96 valence electrons. The van der Waals surface area contributed by atoms with Crippen molar-refractivity contribution in [3.63, 3.8) is 0 Å². The Morgan fingerprint density at radius 1 is 1.37 bits per heavy atom. The first-order chi connectivity index (χ1) is 9.19. The van der Waals surface area contributed by atoms with Crippen LogP contribution in [0.5, 0.6) is 0 Å². The van der Waals surface area contributed by atoms with Crippen molar-refractivity contribution in [3.8, 4) is 0 Å². The van der Waals surface area contributed by atoms with Crippen LogP contribution in [0.25, 0.3) is 10.9 Å². The highest BCUT2D eigenvalue weighted by Gasteiger charge is 2.29. The topological polar surface area (TPSA) is 81.1 Å². The maximum Gasteiger partial charge on any atom is 0.251 e. The number of benzene rings is 1. The van der Waals surface area contributed by atoms with Gasteiger partial charge in [0, 0.05) is 17.4 Å². The van der Waals surface area contributed by atoms with Gasteiger partial charge in [0.2, 0.25) is 5.91 Å². The van der Waals surface area contributed by atoms with Crippen LogP contribution in [0.3, 0.4) is 0 Å². The largest absolute Gasteiger partial charge is 0.298 e. The van der Waals surface area contributed by atoms with E-state index in [1.54, 1.807) is 29.1 Å². The number of piperidine rings is 1. The Morgan fingerprint density at radius 3 is 2.95 bits per heavy atom. The van der Waals surface area contributed by atoms with E-state index >= 15 is 0 Å². The summed E-state index contributed by atoms with van der Waals surface area (Å²) < 4.78 is 1.60. The molecule has 2 amide bonds. The Morgan fingerprint density at radius 2 is 2.21 bits per heavy atom. The van der Waals surface area contributed by atoms with Crippen molar-refractivity contribution in [3.05, 3.63) is 30.0 Å². The molecule has 1 saturated heterocycles. The molecular formula is C13H11N3O3. The Kier molecular flexibility index (Phi) is 2.63. The van der Waals surface area contributed by atoms with Crippen LogP contribution in [0, 0.1) is 0 Å². The third-order valence-corrected chi connectivity index (χ3v) is 3.26. The lowest BCUT2D eigenvalue weighted by Crippen LogP contribution is -2.42. The van der Waals surface area contributed by atoms with Crippen molar-refractivity contribution >= 4 is 29.0 Å². The lowest BCUT2D eigenvalue weighted by Gasteiger charge is -2.21. The van der Waals surface area contributed by atoms with Crippen LogP contribution in [-0.2, 0) is 9.59 Å². The summed E-state index contributed by atoms with van der Waals surface area (Å²) in [6.45, 7) is 0. The van der Waals surface area contributed by atoms with Gasteiger partial charge in [-0.05, 0) is 24.6 Å². The summed E-state index contributed by atoms with van der Waals surface area (Å²) in [4.78, 5) is 33.7. The zero-order chi connectivity index (χ0) is 13.4. The van der Waals surface area contributed by atoms with Crippen molar-refractivity contribution in [1.29, 1.82) is 0 Å². The number of rotatable bonds is 2. The summed E-state index contributed by atoms with van der Waals surface area (Å²) in [6, 6.07) is 4.68. The zero-order valence-electron chi connectivity index (χ0n) is 10.00. The second-order valence-corrected chi connectivity index (χ2v) is 4.49. The van der Waals surface area contributed by atoms with Crippen LogP contribution < -0.4 is 5.32 Å². The lowest BCUT2D eigenvalue weighted by atomic mass is 10.1. The standard InChI is InChI=1S/C13H11N3O3/c17-7-8-1-2-10-9(5-8)6-14-16(10)11-3-4-12(18)15-13(11)19/h1-2,5-7,11H,3-4H2,(H,15,18,19). The zero-order valence-corrected chi connectivity index (χ0v) is 10.00. The molecule has 2 aromatic rings. The molecule has 1 N–H and O–H groups in total. The van der Waals surface area contributed by atoms with Crippen molar-refractivity contribution in [1.82, 2.24) is 15.1 Å². The molecule has 2 heterocycles. The third-order valence-electron chi connectivity index (χ3n) is 3.26. The number of carbonyl (C=O) groups excluding carboxylic acids is 3. The van der Waals surface area contributed by atoms with Gasteiger partial charge in [0.15, 0.2) is 0 Å². The molecule has 0 spiro atoms. The van der Waals surface area contributed by atoms with E-state index in [1.807, 2.05) is 0 Å². The first-order valence-corrected chi connectivity index (χ1v) is 5.95.